The number of carboxylic acid groups (broad SMARTS) is 1. The number of aromatic nitrogens is 2. The SMILES string of the molecule is Cc1nc([N+](=O)[O-])c(N)n1CC(=O)O. The maximum absolute atomic E-state index is 10.4. The van der Waals surface area contributed by atoms with Crippen molar-refractivity contribution < 1.29 is 14.8 Å². The van der Waals surface area contributed by atoms with E-state index in [-0.39, 0.29) is 11.6 Å². The Balaban J connectivity index is 3.17. The molecule has 0 unspecified atom stereocenters. The van der Waals surface area contributed by atoms with E-state index < -0.39 is 23.3 Å². The highest BCUT2D eigenvalue weighted by Gasteiger charge is 2.23. The first-order valence-corrected chi connectivity index (χ1v) is 3.62. The Morgan fingerprint density at radius 3 is 2.71 bits per heavy atom. The van der Waals surface area contributed by atoms with Crippen molar-refractivity contribution in [3.8, 4) is 0 Å². The summed E-state index contributed by atoms with van der Waals surface area (Å²) in [6.07, 6.45) is 0. The van der Waals surface area contributed by atoms with Crippen molar-refractivity contribution >= 4 is 17.6 Å². The van der Waals surface area contributed by atoms with E-state index in [1.165, 1.54) is 6.92 Å². The van der Waals surface area contributed by atoms with Crippen LogP contribution in [0.1, 0.15) is 5.82 Å². The lowest BCUT2D eigenvalue weighted by Gasteiger charge is -1.99. The summed E-state index contributed by atoms with van der Waals surface area (Å²) in [5.41, 5.74) is 5.35. The quantitative estimate of drug-likeness (QED) is 0.512. The average molecular weight is 200 g/mol. The fraction of sp³-hybridized carbons (Fsp3) is 0.333. The molecule has 0 bridgehead atoms. The number of hydrogen-bond donors (Lipinski definition) is 2. The molecule has 8 heteroatoms. The van der Waals surface area contributed by atoms with Gasteiger partial charge < -0.3 is 21.0 Å². The second kappa shape index (κ2) is 3.32. The molecule has 1 rings (SSSR count). The number of nitro groups is 1. The summed E-state index contributed by atoms with van der Waals surface area (Å²) in [7, 11) is 0. The second-order valence-corrected chi connectivity index (χ2v) is 2.60. The summed E-state index contributed by atoms with van der Waals surface area (Å²) in [4.78, 5) is 23.5. The first-order chi connectivity index (χ1) is 6.43. The molecule has 0 radical (unpaired) electrons. The van der Waals surface area contributed by atoms with E-state index in [1.54, 1.807) is 0 Å². The van der Waals surface area contributed by atoms with E-state index in [1.807, 2.05) is 0 Å². The Bertz CT molecular complexity index is 397. The average Bonchev–Trinajstić information content (AvgIpc) is 2.31. The summed E-state index contributed by atoms with van der Waals surface area (Å²) in [5.74, 6) is -1.68. The number of nitrogens with zero attached hydrogens (tertiary/aromatic N) is 3. The maximum atomic E-state index is 10.4. The Labute approximate surface area is 78.1 Å². The van der Waals surface area contributed by atoms with Gasteiger partial charge in [0.1, 0.15) is 6.54 Å². The maximum Gasteiger partial charge on any atom is 0.406 e. The van der Waals surface area contributed by atoms with E-state index in [4.69, 9.17) is 10.8 Å². The molecule has 0 fully saturated rings. The lowest BCUT2D eigenvalue weighted by atomic mass is 10.5. The second-order valence-electron chi connectivity index (χ2n) is 2.60. The van der Waals surface area contributed by atoms with Crippen molar-refractivity contribution in [1.82, 2.24) is 9.55 Å². The Kier molecular flexibility index (Phi) is 2.36. The highest BCUT2D eigenvalue weighted by Crippen LogP contribution is 2.20. The number of nitrogen functional groups attached to an aromatic ring is 1. The predicted molar refractivity (Wildman–Crippen MR) is 45.7 cm³/mol. The van der Waals surface area contributed by atoms with E-state index in [2.05, 4.69) is 4.98 Å². The van der Waals surface area contributed by atoms with Crippen molar-refractivity contribution in [3.05, 3.63) is 15.9 Å². The first-order valence-electron chi connectivity index (χ1n) is 3.62. The fourth-order valence-corrected chi connectivity index (χ4v) is 1.04. The third-order valence-corrected chi connectivity index (χ3v) is 1.64. The van der Waals surface area contributed by atoms with Crippen LogP contribution in [0.5, 0.6) is 0 Å². The van der Waals surface area contributed by atoms with Crippen LogP contribution >= 0.6 is 0 Å². The van der Waals surface area contributed by atoms with Gasteiger partial charge in [0.2, 0.25) is 11.6 Å². The number of carbonyl (C=O) groups is 1. The highest BCUT2D eigenvalue weighted by molar-refractivity contribution is 5.68. The van der Waals surface area contributed by atoms with Crippen LogP contribution in [-0.4, -0.2) is 25.6 Å². The van der Waals surface area contributed by atoms with Gasteiger partial charge in [0.25, 0.3) is 0 Å². The summed E-state index contributed by atoms with van der Waals surface area (Å²) >= 11 is 0. The van der Waals surface area contributed by atoms with Crippen LogP contribution in [0.15, 0.2) is 0 Å². The van der Waals surface area contributed by atoms with E-state index in [0.29, 0.717) is 0 Å². The summed E-state index contributed by atoms with van der Waals surface area (Å²) in [6.45, 7) is 1.02. The molecule has 1 heterocycles. The van der Waals surface area contributed by atoms with Crippen molar-refractivity contribution in [2.24, 2.45) is 0 Å². The first kappa shape index (κ1) is 9.96. The molecule has 0 saturated heterocycles. The van der Waals surface area contributed by atoms with Gasteiger partial charge in [-0.3, -0.25) is 9.36 Å². The van der Waals surface area contributed by atoms with Gasteiger partial charge in [-0.05, 0) is 9.91 Å². The number of aryl methyl sites for hydroxylation is 1. The van der Waals surface area contributed by atoms with E-state index in [0.717, 1.165) is 4.57 Å². The van der Waals surface area contributed by atoms with Crippen molar-refractivity contribution in [2.45, 2.75) is 13.5 Å². The smallest absolute Gasteiger partial charge is 0.406 e. The molecule has 1 aromatic heterocycles. The van der Waals surface area contributed by atoms with Crippen LogP contribution < -0.4 is 5.73 Å². The van der Waals surface area contributed by atoms with Gasteiger partial charge in [-0.25, -0.2) is 0 Å². The third-order valence-electron chi connectivity index (χ3n) is 1.64. The van der Waals surface area contributed by atoms with Gasteiger partial charge in [0, 0.05) is 6.92 Å². The molecule has 0 spiro atoms. The molecule has 14 heavy (non-hydrogen) atoms. The fourth-order valence-electron chi connectivity index (χ4n) is 1.04. The minimum absolute atomic E-state index is 0.205. The minimum atomic E-state index is -1.13. The van der Waals surface area contributed by atoms with Crippen LogP contribution in [0.25, 0.3) is 0 Å². The largest absolute Gasteiger partial charge is 0.480 e. The van der Waals surface area contributed by atoms with Crippen LogP contribution in [0.2, 0.25) is 0 Å². The van der Waals surface area contributed by atoms with Gasteiger partial charge in [-0.15, -0.1) is 0 Å². The molecule has 0 aliphatic rings. The van der Waals surface area contributed by atoms with Crippen LogP contribution in [-0.2, 0) is 11.3 Å². The molecular weight excluding hydrogens is 192 g/mol. The van der Waals surface area contributed by atoms with Gasteiger partial charge >= 0.3 is 11.8 Å². The molecule has 3 N–H and O–H groups in total. The molecule has 0 aliphatic carbocycles. The molecule has 0 aliphatic heterocycles. The van der Waals surface area contributed by atoms with Gasteiger partial charge in [-0.1, -0.05) is 0 Å². The Morgan fingerprint density at radius 2 is 2.36 bits per heavy atom. The van der Waals surface area contributed by atoms with Crippen LogP contribution in [0, 0.1) is 17.0 Å². The van der Waals surface area contributed by atoms with E-state index >= 15 is 0 Å². The van der Waals surface area contributed by atoms with Crippen LogP contribution in [0.4, 0.5) is 11.6 Å². The summed E-state index contributed by atoms with van der Waals surface area (Å²) in [6, 6.07) is 0. The summed E-state index contributed by atoms with van der Waals surface area (Å²) in [5, 5.41) is 18.9. The van der Waals surface area contributed by atoms with E-state index in [9.17, 15) is 14.9 Å². The third kappa shape index (κ3) is 1.63. The zero-order chi connectivity index (χ0) is 10.9. The monoisotopic (exact) mass is 200 g/mol. The number of anilines is 1. The molecular formula is C6H8N4O4. The molecule has 0 aromatic carbocycles. The van der Waals surface area contributed by atoms with Gasteiger partial charge in [-0.2, -0.15) is 0 Å². The molecule has 8 nitrogen and oxygen atoms in total. The highest BCUT2D eigenvalue weighted by atomic mass is 16.6. The number of imidazole rings is 1. The van der Waals surface area contributed by atoms with Crippen molar-refractivity contribution in [1.29, 1.82) is 0 Å². The normalized spacial score (nSPS) is 10.1. The summed E-state index contributed by atoms with van der Waals surface area (Å²) < 4.78 is 1.07. The van der Waals surface area contributed by atoms with Gasteiger partial charge in [0.05, 0.1) is 0 Å². The predicted octanol–water partition coefficient (Wildman–Crippen LogP) is -0.233. The van der Waals surface area contributed by atoms with Crippen molar-refractivity contribution in [3.63, 3.8) is 0 Å². The van der Waals surface area contributed by atoms with Crippen molar-refractivity contribution in [2.75, 3.05) is 5.73 Å². The zero-order valence-electron chi connectivity index (χ0n) is 7.30. The zero-order valence-corrected chi connectivity index (χ0v) is 7.30. The van der Waals surface area contributed by atoms with Crippen LogP contribution in [0.3, 0.4) is 0 Å². The molecule has 0 atom stereocenters. The number of aliphatic carboxylic acids is 1. The lowest BCUT2D eigenvalue weighted by molar-refractivity contribution is -0.388. The topological polar surface area (TPSA) is 124 Å². The molecule has 0 amide bonds. The number of carboxylic acids is 1. The minimum Gasteiger partial charge on any atom is -0.480 e. The van der Waals surface area contributed by atoms with Gasteiger partial charge in [0.15, 0.2) is 0 Å². The number of hydrogen-bond acceptors (Lipinski definition) is 5. The Hall–Kier alpha value is -2.12. The molecule has 0 saturated carbocycles. The number of rotatable bonds is 3. The molecule has 1 aromatic rings. The standard InChI is InChI=1S/C6H8N4O4/c1-3-8-6(10(13)14)5(7)9(3)2-4(11)12/h2,7H2,1H3,(H,11,12). The Morgan fingerprint density at radius 1 is 1.79 bits per heavy atom. The number of nitrogens with two attached hydrogens (primary N) is 1. The molecule has 76 valence electrons. The lowest BCUT2D eigenvalue weighted by Crippen LogP contribution is -2.12.